The summed E-state index contributed by atoms with van der Waals surface area (Å²) in [7, 11) is 0. The van der Waals surface area contributed by atoms with E-state index in [-0.39, 0.29) is 5.56 Å². The molecule has 1 heterocycles. The second-order valence-corrected chi connectivity index (χ2v) is 5.76. The Bertz CT molecular complexity index is 799. The van der Waals surface area contributed by atoms with E-state index in [0.29, 0.717) is 22.0 Å². The molecule has 0 atom stereocenters. The van der Waals surface area contributed by atoms with E-state index < -0.39 is 0 Å². The number of para-hydroxylation sites is 1. The van der Waals surface area contributed by atoms with Crippen molar-refractivity contribution in [3.63, 3.8) is 0 Å². The number of aromatic amines is 1. The van der Waals surface area contributed by atoms with Crippen LogP contribution in [0.1, 0.15) is 5.82 Å². The molecule has 0 amide bonds. The maximum Gasteiger partial charge on any atom is 0.258 e. The Labute approximate surface area is 125 Å². The molecule has 20 heavy (non-hydrogen) atoms. The number of hydrogen-bond donors (Lipinski definition) is 1. The molecule has 1 aromatic heterocycles. The lowest BCUT2D eigenvalue weighted by Gasteiger charge is -2.03. The minimum absolute atomic E-state index is 0.0951. The Kier molecular flexibility index (Phi) is 3.76. The van der Waals surface area contributed by atoms with Gasteiger partial charge in [-0.1, -0.05) is 23.7 Å². The van der Waals surface area contributed by atoms with E-state index in [9.17, 15) is 4.79 Å². The van der Waals surface area contributed by atoms with Crippen LogP contribution in [0, 0.1) is 0 Å². The Morgan fingerprint density at radius 2 is 1.85 bits per heavy atom. The standard InChI is InChI=1S/C15H11ClN2OS/c16-10-5-7-11(8-6-10)20-9-14-17-13-4-2-1-3-12(13)15(19)18-14/h1-8H,9H2,(H,17,18,19). The first-order valence-corrected chi connectivity index (χ1v) is 7.45. The molecule has 0 bridgehead atoms. The molecule has 0 spiro atoms. The minimum Gasteiger partial charge on any atom is -0.309 e. The van der Waals surface area contributed by atoms with E-state index in [1.807, 2.05) is 42.5 Å². The van der Waals surface area contributed by atoms with Crippen LogP contribution in [0.5, 0.6) is 0 Å². The lowest BCUT2D eigenvalue weighted by Crippen LogP contribution is -2.11. The van der Waals surface area contributed by atoms with Crippen molar-refractivity contribution in [2.45, 2.75) is 10.6 Å². The summed E-state index contributed by atoms with van der Waals surface area (Å²) in [5.41, 5.74) is 0.630. The normalized spacial score (nSPS) is 10.8. The maximum atomic E-state index is 11.9. The zero-order chi connectivity index (χ0) is 13.9. The van der Waals surface area contributed by atoms with Crippen molar-refractivity contribution in [3.8, 4) is 0 Å². The monoisotopic (exact) mass is 302 g/mol. The summed E-state index contributed by atoms with van der Waals surface area (Å²) in [6.07, 6.45) is 0. The van der Waals surface area contributed by atoms with Gasteiger partial charge in [-0.25, -0.2) is 4.98 Å². The van der Waals surface area contributed by atoms with Crippen LogP contribution in [0.15, 0.2) is 58.2 Å². The van der Waals surface area contributed by atoms with Crippen LogP contribution in [-0.4, -0.2) is 9.97 Å². The Morgan fingerprint density at radius 3 is 2.65 bits per heavy atom. The Morgan fingerprint density at radius 1 is 1.10 bits per heavy atom. The molecule has 5 heteroatoms. The van der Waals surface area contributed by atoms with Crippen LogP contribution >= 0.6 is 23.4 Å². The van der Waals surface area contributed by atoms with Crippen molar-refractivity contribution in [1.29, 1.82) is 0 Å². The third-order valence-electron chi connectivity index (χ3n) is 2.85. The highest BCUT2D eigenvalue weighted by Crippen LogP contribution is 2.23. The van der Waals surface area contributed by atoms with E-state index in [2.05, 4.69) is 9.97 Å². The van der Waals surface area contributed by atoms with Crippen LogP contribution in [-0.2, 0) is 5.75 Å². The first-order valence-electron chi connectivity index (χ1n) is 6.09. The average molecular weight is 303 g/mol. The molecule has 0 aliphatic carbocycles. The molecule has 0 aliphatic heterocycles. The summed E-state index contributed by atoms with van der Waals surface area (Å²) in [4.78, 5) is 20.3. The fraction of sp³-hybridized carbons (Fsp3) is 0.0667. The van der Waals surface area contributed by atoms with Crippen molar-refractivity contribution in [3.05, 3.63) is 69.7 Å². The Balaban J connectivity index is 1.84. The number of halogens is 1. The fourth-order valence-electron chi connectivity index (χ4n) is 1.89. The van der Waals surface area contributed by atoms with Gasteiger partial charge in [0.1, 0.15) is 5.82 Å². The number of H-pyrrole nitrogens is 1. The third-order valence-corrected chi connectivity index (χ3v) is 4.13. The molecule has 3 nitrogen and oxygen atoms in total. The van der Waals surface area contributed by atoms with Gasteiger partial charge in [-0.3, -0.25) is 4.79 Å². The predicted molar refractivity (Wildman–Crippen MR) is 83.4 cm³/mol. The summed E-state index contributed by atoms with van der Waals surface area (Å²) >= 11 is 7.45. The number of fused-ring (bicyclic) bond motifs is 1. The summed E-state index contributed by atoms with van der Waals surface area (Å²) in [5.74, 6) is 1.29. The number of hydrogen-bond acceptors (Lipinski definition) is 3. The molecular formula is C15H11ClN2OS. The van der Waals surface area contributed by atoms with E-state index in [0.717, 1.165) is 10.4 Å². The van der Waals surface area contributed by atoms with Gasteiger partial charge in [0.2, 0.25) is 0 Å². The van der Waals surface area contributed by atoms with Crippen molar-refractivity contribution in [2.75, 3.05) is 0 Å². The third kappa shape index (κ3) is 2.86. The van der Waals surface area contributed by atoms with E-state index >= 15 is 0 Å². The zero-order valence-corrected chi connectivity index (χ0v) is 12.0. The summed E-state index contributed by atoms with van der Waals surface area (Å²) in [6, 6.07) is 14.9. The molecule has 3 rings (SSSR count). The summed E-state index contributed by atoms with van der Waals surface area (Å²) in [5, 5.41) is 1.33. The molecule has 100 valence electrons. The minimum atomic E-state index is -0.0951. The number of nitrogens with zero attached hydrogens (tertiary/aromatic N) is 1. The summed E-state index contributed by atoms with van der Waals surface area (Å²) in [6.45, 7) is 0. The van der Waals surface area contributed by atoms with Crippen molar-refractivity contribution >= 4 is 34.3 Å². The second kappa shape index (κ2) is 5.69. The first kappa shape index (κ1) is 13.2. The van der Waals surface area contributed by atoms with E-state index in [1.54, 1.807) is 17.8 Å². The van der Waals surface area contributed by atoms with Crippen molar-refractivity contribution in [1.82, 2.24) is 9.97 Å². The number of thioether (sulfide) groups is 1. The molecule has 0 fully saturated rings. The van der Waals surface area contributed by atoms with Gasteiger partial charge in [0.05, 0.1) is 16.7 Å². The smallest absolute Gasteiger partial charge is 0.258 e. The number of aromatic nitrogens is 2. The summed E-state index contributed by atoms with van der Waals surface area (Å²) < 4.78 is 0. The SMILES string of the molecule is O=c1[nH]c(CSc2ccc(Cl)cc2)nc2ccccc12. The van der Waals surface area contributed by atoms with Crippen LogP contribution in [0.3, 0.4) is 0 Å². The van der Waals surface area contributed by atoms with Crippen molar-refractivity contribution < 1.29 is 0 Å². The predicted octanol–water partition coefficient (Wildman–Crippen LogP) is 3.87. The Hall–Kier alpha value is -1.78. The molecule has 1 N–H and O–H groups in total. The van der Waals surface area contributed by atoms with Gasteiger partial charge in [-0.05, 0) is 36.4 Å². The van der Waals surface area contributed by atoms with Crippen LogP contribution < -0.4 is 5.56 Å². The molecule has 0 radical (unpaired) electrons. The van der Waals surface area contributed by atoms with Gasteiger partial charge in [-0.15, -0.1) is 11.8 Å². The second-order valence-electron chi connectivity index (χ2n) is 4.27. The quantitative estimate of drug-likeness (QED) is 0.747. The van der Waals surface area contributed by atoms with Crippen LogP contribution in [0.25, 0.3) is 10.9 Å². The van der Waals surface area contributed by atoms with Gasteiger partial charge in [-0.2, -0.15) is 0 Å². The molecule has 0 saturated carbocycles. The van der Waals surface area contributed by atoms with Crippen LogP contribution in [0.4, 0.5) is 0 Å². The van der Waals surface area contributed by atoms with Gasteiger partial charge in [0.15, 0.2) is 0 Å². The first-order chi connectivity index (χ1) is 9.72. The van der Waals surface area contributed by atoms with Crippen LogP contribution in [0.2, 0.25) is 5.02 Å². The lowest BCUT2D eigenvalue weighted by molar-refractivity contribution is 1.04. The molecular weight excluding hydrogens is 292 g/mol. The highest BCUT2D eigenvalue weighted by Gasteiger charge is 2.04. The molecule has 0 aliphatic rings. The zero-order valence-electron chi connectivity index (χ0n) is 10.5. The lowest BCUT2D eigenvalue weighted by atomic mass is 10.2. The van der Waals surface area contributed by atoms with E-state index in [4.69, 9.17) is 11.6 Å². The average Bonchev–Trinajstić information content (AvgIpc) is 2.47. The largest absolute Gasteiger partial charge is 0.309 e. The fourth-order valence-corrected chi connectivity index (χ4v) is 2.78. The number of rotatable bonds is 3. The van der Waals surface area contributed by atoms with Gasteiger partial charge < -0.3 is 4.98 Å². The molecule has 2 aromatic carbocycles. The maximum absolute atomic E-state index is 11.9. The number of nitrogens with one attached hydrogen (secondary N) is 1. The van der Waals surface area contributed by atoms with Crippen molar-refractivity contribution in [2.24, 2.45) is 0 Å². The topological polar surface area (TPSA) is 45.8 Å². The van der Waals surface area contributed by atoms with E-state index in [1.165, 1.54) is 0 Å². The van der Waals surface area contributed by atoms with Gasteiger partial charge in [0.25, 0.3) is 5.56 Å². The van der Waals surface area contributed by atoms with Gasteiger partial charge in [0, 0.05) is 9.92 Å². The number of benzene rings is 2. The molecule has 0 unspecified atom stereocenters. The highest BCUT2D eigenvalue weighted by molar-refractivity contribution is 7.98. The molecule has 3 aromatic rings. The highest BCUT2D eigenvalue weighted by atomic mass is 35.5. The van der Waals surface area contributed by atoms with Gasteiger partial charge >= 0.3 is 0 Å². The molecule has 0 saturated heterocycles.